The van der Waals surface area contributed by atoms with E-state index in [9.17, 15) is 4.79 Å². The van der Waals surface area contributed by atoms with Crippen LogP contribution < -0.4 is 4.90 Å². The standard InChI is InChI=1S/C23H20N2OS/c1-2-17-12-14-19(15-13-17)25(22(26)16-18-8-4-3-5-9-18)23-24-20-10-6-7-11-21(20)27-23/h3-15H,2,16H2,1H3. The second-order valence-corrected chi connectivity index (χ2v) is 7.38. The van der Waals surface area contributed by atoms with E-state index in [1.165, 1.54) is 5.56 Å². The topological polar surface area (TPSA) is 33.2 Å². The van der Waals surface area contributed by atoms with Crippen LogP contribution in [-0.4, -0.2) is 10.9 Å². The maximum Gasteiger partial charge on any atom is 0.237 e. The summed E-state index contributed by atoms with van der Waals surface area (Å²) in [5.74, 6) is 0.0181. The van der Waals surface area contributed by atoms with Crippen molar-refractivity contribution in [3.63, 3.8) is 0 Å². The Hall–Kier alpha value is -2.98. The molecule has 0 atom stereocenters. The van der Waals surface area contributed by atoms with E-state index in [0.29, 0.717) is 11.6 Å². The van der Waals surface area contributed by atoms with E-state index in [4.69, 9.17) is 4.98 Å². The number of aromatic nitrogens is 1. The molecule has 4 aromatic rings. The van der Waals surface area contributed by atoms with Crippen molar-refractivity contribution in [3.05, 3.63) is 90.0 Å². The van der Waals surface area contributed by atoms with Crippen molar-refractivity contribution in [1.82, 2.24) is 4.98 Å². The Morgan fingerprint density at radius 3 is 2.30 bits per heavy atom. The Balaban J connectivity index is 1.74. The van der Waals surface area contributed by atoms with Gasteiger partial charge in [0, 0.05) is 0 Å². The number of amides is 1. The van der Waals surface area contributed by atoms with Gasteiger partial charge in [-0.2, -0.15) is 0 Å². The van der Waals surface area contributed by atoms with E-state index in [2.05, 4.69) is 19.1 Å². The third kappa shape index (κ3) is 3.76. The molecule has 134 valence electrons. The van der Waals surface area contributed by atoms with Crippen molar-refractivity contribution in [1.29, 1.82) is 0 Å². The lowest BCUT2D eigenvalue weighted by molar-refractivity contribution is -0.117. The second-order valence-electron chi connectivity index (χ2n) is 6.38. The summed E-state index contributed by atoms with van der Waals surface area (Å²) in [6, 6.07) is 26.0. The third-order valence-electron chi connectivity index (χ3n) is 4.52. The lowest BCUT2D eigenvalue weighted by Crippen LogP contribution is -2.27. The second kappa shape index (κ2) is 7.72. The first kappa shape index (κ1) is 17.4. The molecule has 27 heavy (non-hydrogen) atoms. The van der Waals surface area contributed by atoms with Crippen LogP contribution in [0.25, 0.3) is 10.2 Å². The summed E-state index contributed by atoms with van der Waals surface area (Å²) in [7, 11) is 0. The van der Waals surface area contributed by atoms with Gasteiger partial charge >= 0.3 is 0 Å². The Kier molecular flexibility index (Phi) is 4.99. The van der Waals surface area contributed by atoms with Crippen molar-refractivity contribution in [2.75, 3.05) is 4.90 Å². The van der Waals surface area contributed by atoms with Gasteiger partial charge in [0.15, 0.2) is 5.13 Å². The molecule has 0 aliphatic carbocycles. The largest absolute Gasteiger partial charge is 0.274 e. The van der Waals surface area contributed by atoms with Gasteiger partial charge in [0.2, 0.25) is 5.91 Å². The molecule has 1 amide bonds. The molecule has 4 rings (SSSR count). The summed E-state index contributed by atoms with van der Waals surface area (Å²) in [6.07, 6.45) is 1.31. The van der Waals surface area contributed by atoms with E-state index in [1.807, 2.05) is 66.7 Å². The molecule has 3 nitrogen and oxygen atoms in total. The van der Waals surface area contributed by atoms with E-state index >= 15 is 0 Å². The number of rotatable bonds is 5. The quantitative estimate of drug-likeness (QED) is 0.446. The molecule has 4 heteroatoms. The van der Waals surface area contributed by atoms with Crippen molar-refractivity contribution >= 4 is 38.3 Å². The van der Waals surface area contributed by atoms with Crippen molar-refractivity contribution in [2.24, 2.45) is 0 Å². The van der Waals surface area contributed by atoms with Crippen molar-refractivity contribution in [2.45, 2.75) is 19.8 Å². The van der Waals surface area contributed by atoms with Crippen LogP contribution in [0.5, 0.6) is 0 Å². The van der Waals surface area contributed by atoms with Gasteiger partial charge in [0.05, 0.1) is 22.3 Å². The number of aryl methyl sites for hydroxylation is 1. The molecule has 0 aliphatic heterocycles. The zero-order valence-electron chi connectivity index (χ0n) is 15.1. The van der Waals surface area contributed by atoms with E-state index in [-0.39, 0.29) is 5.91 Å². The molecular weight excluding hydrogens is 352 g/mol. The van der Waals surface area contributed by atoms with Gasteiger partial charge in [-0.15, -0.1) is 0 Å². The first-order valence-electron chi connectivity index (χ1n) is 9.06. The van der Waals surface area contributed by atoms with Gasteiger partial charge in [-0.25, -0.2) is 4.98 Å². The highest BCUT2D eigenvalue weighted by molar-refractivity contribution is 7.22. The van der Waals surface area contributed by atoms with Crippen LogP contribution in [0.3, 0.4) is 0 Å². The number of anilines is 2. The summed E-state index contributed by atoms with van der Waals surface area (Å²) < 4.78 is 1.08. The van der Waals surface area contributed by atoms with Crippen LogP contribution >= 0.6 is 11.3 Å². The molecule has 1 heterocycles. The van der Waals surface area contributed by atoms with Crippen LogP contribution in [0.1, 0.15) is 18.1 Å². The van der Waals surface area contributed by atoms with Gasteiger partial charge in [0.25, 0.3) is 0 Å². The Bertz CT molecular complexity index is 1020. The number of carbonyl (C=O) groups excluding carboxylic acids is 1. The molecule has 0 saturated heterocycles. The fourth-order valence-electron chi connectivity index (χ4n) is 3.05. The molecule has 3 aromatic carbocycles. The molecule has 1 aromatic heterocycles. The van der Waals surface area contributed by atoms with Gasteiger partial charge in [-0.3, -0.25) is 9.69 Å². The molecule has 0 aliphatic rings. The number of hydrogen-bond donors (Lipinski definition) is 0. The van der Waals surface area contributed by atoms with Crippen LogP contribution in [0.15, 0.2) is 78.9 Å². The van der Waals surface area contributed by atoms with Crippen LogP contribution in [0.2, 0.25) is 0 Å². The lowest BCUT2D eigenvalue weighted by Gasteiger charge is -2.20. The number of para-hydroxylation sites is 1. The fraction of sp³-hybridized carbons (Fsp3) is 0.130. The molecule has 0 spiro atoms. The molecule has 0 bridgehead atoms. The highest BCUT2D eigenvalue weighted by atomic mass is 32.1. The van der Waals surface area contributed by atoms with Gasteiger partial charge in [-0.05, 0) is 41.8 Å². The molecular formula is C23H20N2OS. The molecule has 0 fully saturated rings. The SMILES string of the molecule is CCc1ccc(N(C(=O)Cc2ccccc2)c2nc3ccccc3s2)cc1. The van der Waals surface area contributed by atoms with Crippen LogP contribution in [-0.2, 0) is 17.6 Å². The smallest absolute Gasteiger partial charge is 0.237 e. The minimum absolute atomic E-state index is 0.0181. The highest BCUT2D eigenvalue weighted by Crippen LogP contribution is 2.34. The maximum absolute atomic E-state index is 13.2. The first-order chi connectivity index (χ1) is 13.2. The summed E-state index contributed by atoms with van der Waals surface area (Å²) >= 11 is 1.54. The number of nitrogens with zero attached hydrogens (tertiary/aromatic N) is 2. The Morgan fingerprint density at radius 2 is 1.59 bits per heavy atom. The summed E-state index contributed by atoms with van der Waals surface area (Å²) in [4.78, 5) is 19.7. The van der Waals surface area contributed by atoms with Gasteiger partial charge in [0.1, 0.15) is 0 Å². The Morgan fingerprint density at radius 1 is 0.889 bits per heavy atom. The van der Waals surface area contributed by atoms with Crippen molar-refractivity contribution < 1.29 is 4.79 Å². The minimum Gasteiger partial charge on any atom is -0.274 e. The predicted octanol–water partition coefficient (Wildman–Crippen LogP) is 5.77. The predicted molar refractivity (Wildman–Crippen MR) is 113 cm³/mol. The fourth-order valence-corrected chi connectivity index (χ4v) is 4.05. The highest BCUT2D eigenvalue weighted by Gasteiger charge is 2.22. The third-order valence-corrected chi connectivity index (χ3v) is 5.55. The molecule has 0 unspecified atom stereocenters. The number of benzene rings is 3. The zero-order valence-corrected chi connectivity index (χ0v) is 15.9. The van der Waals surface area contributed by atoms with E-state index in [1.54, 1.807) is 16.2 Å². The summed E-state index contributed by atoms with van der Waals surface area (Å²) in [6.45, 7) is 2.13. The number of hydrogen-bond acceptors (Lipinski definition) is 3. The summed E-state index contributed by atoms with van der Waals surface area (Å²) in [5.41, 5.74) is 4.02. The number of carbonyl (C=O) groups is 1. The summed E-state index contributed by atoms with van der Waals surface area (Å²) in [5, 5.41) is 0.710. The molecule has 0 saturated carbocycles. The average Bonchev–Trinajstić information content (AvgIpc) is 3.13. The number of fused-ring (bicyclic) bond motifs is 1. The van der Waals surface area contributed by atoms with E-state index < -0.39 is 0 Å². The van der Waals surface area contributed by atoms with E-state index in [0.717, 1.165) is 27.9 Å². The van der Waals surface area contributed by atoms with Crippen molar-refractivity contribution in [3.8, 4) is 0 Å². The molecule has 0 radical (unpaired) electrons. The first-order valence-corrected chi connectivity index (χ1v) is 9.87. The van der Waals surface area contributed by atoms with Gasteiger partial charge in [-0.1, -0.05) is 72.9 Å². The van der Waals surface area contributed by atoms with Crippen LogP contribution in [0, 0.1) is 0 Å². The minimum atomic E-state index is 0.0181. The normalized spacial score (nSPS) is 10.9. The Labute approximate surface area is 162 Å². The van der Waals surface area contributed by atoms with Crippen LogP contribution in [0.4, 0.5) is 10.8 Å². The lowest BCUT2D eigenvalue weighted by atomic mass is 10.1. The average molecular weight is 372 g/mol. The monoisotopic (exact) mass is 372 g/mol. The number of thiazole rings is 1. The zero-order chi connectivity index (χ0) is 18.6. The molecule has 0 N–H and O–H groups in total. The van der Waals surface area contributed by atoms with Gasteiger partial charge < -0.3 is 0 Å². The maximum atomic E-state index is 13.2.